The molecule has 114 valence electrons. The Hall–Kier alpha value is -2.59. The van der Waals surface area contributed by atoms with E-state index in [0.717, 1.165) is 16.6 Å². The second kappa shape index (κ2) is 5.56. The molecule has 0 fully saturated rings. The molecule has 0 aliphatic rings. The van der Waals surface area contributed by atoms with E-state index in [4.69, 9.17) is 0 Å². The lowest BCUT2D eigenvalue weighted by atomic mass is 10.0. The van der Waals surface area contributed by atoms with Crippen LogP contribution in [0.4, 0.5) is 5.69 Å². The average Bonchev–Trinajstić information content (AvgIpc) is 3.25. The number of nitrogens with one attached hydrogen (secondary N) is 1. The molecule has 0 aliphatic carbocycles. The van der Waals surface area contributed by atoms with Crippen molar-refractivity contribution in [3.63, 3.8) is 0 Å². The summed E-state index contributed by atoms with van der Waals surface area (Å²) in [5, 5.41) is 3.26. The number of benzene rings is 1. The van der Waals surface area contributed by atoms with Gasteiger partial charge in [0.1, 0.15) is 5.65 Å². The Morgan fingerprint density at radius 1 is 1.04 bits per heavy atom. The lowest BCUT2D eigenvalue weighted by molar-refractivity contribution is 1.13. The molecule has 4 rings (SSSR count). The second-order valence-corrected chi connectivity index (χ2v) is 6.69. The highest BCUT2D eigenvalue weighted by atomic mass is 32.1. The number of anilines is 1. The van der Waals surface area contributed by atoms with Crippen molar-refractivity contribution in [3.05, 3.63) is 60.2 Å². The number of fused-ring (bicyclic) bond motifs is 1. The molecule has 0 saturated carbocycles. The van der Waals surface area contributed by atoms with Gasteiger partial charge in [-0.25, -0.2) is 4.98 Å². The fourth-order valence-corrected chi connectivity index (χ4v) is 3.58. The predicted octanol–water partition coefficient (Wildman–Crippen LogP) is 5.02. The van der Waals surface area contributed by atoms with Crippen LogP contribution in [-0.4, -0.2) is 24.1 Å². The summed E-state index contributed by atoms with van der Waals surface area (Å²) >= 11 is 1.77. The van der Waals surface area contributed by atoms with Crippen LogP contribution < -0.4 is 4.90 Å². The van der Waals surface area contributed by atoms with Crippen molar-refractivity contribution in [3.8, 4) is 21.6 Å². The van der Waals surface area contributed by atoms with Crippen LogP contribution in [0.3, 0.4) is 0 Å². The maximum Gasteiger partial charge on any atom is 0.137 e. The number of aromatic nitrogens is 2. The van der Waals surface area contributed by atoms with Gasteiger partial charge in [-0.2, -0.15) is 0 Å². The molecule has 0 unspecified atom stereocenters. The number of rotatable bonds is 3. The Kier molecular flexibility index (Phi) is 3.39. The van der Waals surface area contributed by atoms with Gasteiger partial charge in [-0.1, -0.05) is 12.1 Å². The molecule has 23 heavy (non-hydrogen) atoms. The van der Waals surface area contributed by atoms with Crippen LogP contribution in [-0.2, 0) is 0 Å². The minimum absolute atomic E-state index is 0.928. The van der Waals surface area contributed by atoms with Gasteiger partial charge in [-0.3, -0.25) is 0 Å². The van der Waals surface area contributed by atoms with E-state index in [0.29, 0.717) is 0 Å². The number of H-pyrrole nitrogens is 1. The van der Waals surface area contributed by atoms with Crippen LogP contribution in [0.1, 0.15) is 0 Å². The Morgan fingerprint density at radius 3 is 2.74 bits per heavy atom. The molecule has 0 spiro atoms. The van der Waals surface area contributed by atoms with Crippen LogP contribution in [0.25, 0.3) is 32.6 Å². The smallest absolute Gasteiger partial charge is 0.137 e. The van der Waals surface area contributed by atoms with Crippen molar-refractivity contribution < 1.29 is 0 Å². The zero-order valence-corrected chi connectivity index (χ0v) is 13.9. The van der Waals surface area contributed by atoms with Crippen molar-refractivity contribution in [2.24, 2.45) is 0 Å². The summed E-state index contributed by atoms with van der Waals surface area (Å²) in [5.41, 5.74) is 5.75. The van der Waals surface area contributed by atoms with Crippen LogP contribution in [0.2, 0.25) is 0 Å². The van der Waals surface area contributed by atoms with Crippen molar-refractivity contribution in [2.75, 3.05) is 19.0 Å². The van der Waals surface area contributed by atoms with Gasteiger partial charge in [0.2, 0.25) is 0 Å². The van der Waals surface area contributed by atoms with Gasteiger partial charge >= 0.3 is 0 Å². The number of aromatic amines is 1. The van der Waals surface area contributed by atoms with Crippen molar-refractivity contribution in [2.45, 2.75) is 0 Å². The molecule has 0 atom stereocenters. The quantitative estimate of drug-likeness (QED) is 0.574. The summed E-state index contributed by atoms with van der Waals surface area (Å²) in [4.78, 5) is 11.1. The number of thiophene rings is 1. The Labute approximate surface area is 139 Å². The van der Waals surface area contributed by atoms with E-state index in [1.807, 2.05) is 12.4 Å². The zero-order chi connectivity index (χ0) is 15.8. The first-order valence-corrected chi connectivity index (χ1v) is 8.39. The zero-order valence-electron chi connectivity index (χ0n) is 13.1. The van der Waals surface area contributed by atoms with E-state index in [1.165, 1.54) is 21.7 Å². The minimum atomic E-state index is 0.928. The lowest BCUT2D eigenvalue weighted by Crippen LogP contribution is -2.09. The van der Waals surface area contributed by atoms with Gasteiger partial charge in [0.15, 0.2) is 0 Å². The van der Waals surface area contributed by atoms with E-state index >= 15 is 0 Å². The standard InChI is InChI=1S/C19H17N3S/c1-22(2)17-6-5-13(11-16(17)18-4-3-9-23-18)15-10-14-7-8-20-19(14)21-12-15/h3-12H,1-2H3,(H,20,21). The molecule has 0 aliphatic heterocycles. The molecule has 3 aromatic heterocycles. The van der Waals surface area contributed by atoms with E-state index in [9.17, 15) is 0 Å². The van der Waals surface area contributed by atoms with Gasteiger partial charge in [-0.05, 0) is 41.3 Å². The second-order valence-electron chi connectivity index (χ2n) is 5.74. The van der Waals surface area contributed by atoms with E-state index < -0.39 is 0 Å². The first-order chi connectivity index (χ1) is 11.2. The third kappa shape index (κ3) is 2.51. The maximum atomic E-state index is 4.50. The highest BCUT2D eigenvalue weighted by Crippen LogP contribution is 2.36. The molecular weight excluding hydrogens is 302 g/mol. The largest absolute Gasteiger partial charge is 0.377 e. The molecule has 1 N–H and O–H groups in total. The van der Waals surface area contributed by atoms with Crippen molar-refractivity contribution >= 4 is 28.1 Å². The summed E-state index contributed by atoms with van der Waals surface area (Å²) in [6.07, 6.45) is 3.86. The molecular formula is C19H17N3S. The summed E-state index contributed by atoms with van der Waals surface area (Å²) in [6, 6.07) is 15.1. The predicted molar refractivity (Wildman–Crippen MR) is 99.2 cm³/mol. The summed E-state index contributed by atoms with van der Waals surface area (Å²) in [5.74, 6) is 0. The normalized spacial score (nSPS) is 11.0. The van der Waals surface area contributed by atoms with E-state index in [-0.39, 0.29) is 0 Å². The molecule has 4 heteroatoms. The maximum absolute atomic E-state index is 4.50. The minimum Gasteiger partial charge on any atom is -0.377 e. The molecule has 0 amide bonds. The third-order valence-corrected chi connectivity index (χ3v) is 4.90. The summed E-state index contributed by atoms with van der Waals surface area (Å²) in [6.45, 7) is 0. The molecule has 1 aromatic carbocycles. The first kappa shape index (κ1) is 14.0. The molecule has 3 heterocycles. The summed E-state index contributed by atoms with van der Waals surface area (Å²) in [7, 11) is 4.17. The Balaban J connectivity index is 1.87. The third-order valence-electron chi connectivity index (χ3n) is 4.00. The average molecular weight is 319 g/mol. The van der Waals surface area contributed by atoms with Crippen molar-refractivity contribution in [1.29, 1.82) is 0 Å². The Bertz CT molecular complexity index is 952. The number of hydrogen-bond acceptors (Lipinski definition) is 3. The molecule has 3 nitrogen and oxygen atoms in total. The fourth-order valence-electron chi connectivity index (χ4n) is 2.83. The van der Waals surface area contributed by atoms with E-state index in [2.05, 4.69) is 76.8 Å². The van der Waals surface area contributed by atoms with Crippen LogP contribution in [0.15, 0.2) is 60.2 Å². The summed E-state index contributed by atoms with van der Waals surface area (Å²) < 4.78 is 0. The van der Waals surface area contributed by atoms with Gasteiger partial charge in [0, 0.05) is 53.6 Å². The fraction of sp³-hybridized carbons (Fsp3) is 0.105. The SMILES string of the molecule is CN(C)c1ccc(-c2cnc3[nH]ccc3c2)cc1-c1cccs1. The number of nitrogens with zero attached hydrogens (tertiary/aromatic N) is 2. The highest BCUT2D eigenvalue weighted by Gasteiger charge is 2.11. The van der Waals surface area contributed by atoms with Gasteiger partial charge in [0.05, 0.1) is 0 Å². The van der Waals surface area contributed by atoms with Gasteiger partial charge in [-0.15, -0.1) is 11.3 Å². The monoisotopic (exact) mass is 319 g/mol. The van der Waals surface area contributed by atoms with E-state index in [1.54, 1.807) is 11.3 Å². The lowest BCUT2D eigenvalue weighted by Gasteiger charge is -2.18. The highest BCUT2D eigenvalue weighted by molar-refractivity contribution is 7.13. The van der Waals surface area contributed by atoms with Gasteiger partial charge < -0.3 is 9.88 Å². The molecule has 0 radical (unpaired) electrons. The Morgan fingerprint density at radius 2 is 1.96 bits per heavy atom. The number of hydrogen-bond donors (Lipinski definition) is 1. The van der Waals surface area contributed by atoms with Crippen LogP contribution in [0.5, 0.6) is 0 Å². The molecule has 0 saturated heterocycles. The first-order valence-electron chi connectivity index (χ1n) is 7.51. The van der Waals surface area contributed by atoms with Crippen LogP contribution >= 0.6 is 11.3 Å². The topological polar surface area (TPSA) is 31.9 Å². The molecule has 4 aromatic rings. The van der Waals surface area contributed by atoms with Crippen LogP contribution in [0, 0.1) is 0 Å². The van der Waals surface area contributed by atoms with Crippen molar-refractivity contribution in [1.82, 2.24) is 9.97 Å². The van der Waals surface area contributed by atoms with Gasteiger partial charge in [0.25, 0.3) is 0 Å². The molecule has 0 bridgehead atoms. The number of pyridine rings is 1.